The van der Waals surface area contributed by atoms with Crippen molar-refractivity contribution in [2.24, 2.45) is 5.73 Å². The highest BCUT2D eigenvalue weighted by molar-refractivity contribution is 7.91. The lowest BCUT2D eigenvalue weighted by Crippen LogP contribution is -2.41. The molecule has 1 fully saturated rings. The average Bonchev–Trinajstić information content (AvgIpc) is 3.10. The number of carbonyl (C=O) groups is 1. The number of likely N-dealkylation sites (N-methyl/N-ethyl adjacent to an activating group) is 1. The molecule has 0 atom stereocenters. The maximum atomic E-state index is 12.7. The number of amides is 1. The molecule has 0 aliphatic carbocycles. The number of piperazine rings is 1. The van der Waals surface area contributed by atoms with E-state index < -0.39 is 15.7 Å². The second-order valence-electron chi connectivity index (χ2n) is 7.86. The molecule has 0 radical (unpaired) electrons. The highest BCUT2D eigenvalue weighted by atomic mass is 32.2. The topological polar surface area (TPSA) is 133 Å². The van der Waals surface area contributed by atoms with Crippen molar-refractivity contribution in [3.63, 3.8) is 0 Å². The van der Waals surface area contributed by atoms with Gasteiger partial charge in [0.25, 0.3) is 0 Å². The molecule has 2 aromatic heterocycles. The normalized spacial score (nSPS) is 15.6. The Labute approximate surface area is 186 Å². The third-order valence-electron chi connectivity index (χ3n) is 5.58. The van der Waals surface area contributed by atoms with Gasteiger partial charge in [-0.3, -0.25) is 9.78 Å². The number of nitrogens with one attached hydrogen (secondary N) is 1. The number of sulfone groups is 1. The van der Waals surface area contributed by atoms with E-state index in [0.29, 0.717) is 27.7 Å². The van der Waals surface area contributed by atoms with Crippen molar-refractivity contribution < 1.29 is 18.3 Å². The van der Waals surface area contributed by atoms with Gasteiger partial charge in [-0.2, -0.15) is 0 Å². The summed E-state index contributed by atoms with van der Waals surface area (Å²) < 4.78 is 25.4. The fourth-order valence-electron chi connectivity index (χ4n) is 3.69. The fraction of sp³-hybridized carbons (Fsp3) is 0.273. The summed E-state index contributed by atoms with van der Waals surface area (Å²) in [7, 11) is -1.47. The zero-order chi connectivity index (χ0) is 22.9. The van der Waals surface area contributed by atoms with Crippen LogP contribution in [0.25, 0.3) is 22.2 Å². The fourth-order valence-corrected chi connectivity index (χ4v) is 4.71. The van der Waals surface area contributed by atoms with Crippen LogP contribution in [0.2, 0.25) is 0 Å². The zero-order valence-corrected chi connectivity index (χ0v) is 18.5. The van der Waals surface area contributed by atoms with Gasteiger partial charge in [0.15, 0.2) is 15.7 Å². The van der Waals surface area contributed by atoms with Crippen LogP contribution in [0.4, 0.5) is 0 Å². The van der Waals surface area contributed by atoms with Gasteiger partial charge in [0.2, 0.25) is 5.91 Å². The van der Waals surface area contributed by atoms with E-state index in [0.717, 1.165) is 26.2 Å². The average molecular weight is 456 g/mol. The molecule has 0 unspecified atom stereocenters. The van der Waals surface area contributed by atoms with E-state index in [9.17, 15) is 18.3 Å². The van der Waals surface area contributed by atoms with Gasteiger partial charge < -0.3 is 25.6 Å². The molecule has 1 aliphatic heterocycles. The van der Waals surface area contributed by atoms with Gasteiger partial charge in [-0.05, 0) is 37.5 Å². The molecule has 3 heterocycles. The Bertz CT molecular complexity index is 1270. The Morgan fingerprint density at radius 3 is 2.62 bits per heavy atom. The quantitative estimate of drug-likeness (QED) is 0.514. The molecule has 32 heavy (non-hydrogen) atoms. The minimum atomic E-state index is -3.53. The summed E-state index contributed by atoms with van der Waals surface area (Å²) in [6, 6.07) is 7.81. The van der Waals surface area contributed by atoms with Crippen LogP contribution in [-0.2, 0) is 9.84 Å². The smallest absolute Gasteiger partial charge is 0.248 e. The molecule has 168 valence electrons. The minimum absolute atomic E-state index is 0.111. The lowest BCUT2D eigenvalue weighted by molar-refractivity contribution is 0.100. The Balaban J connectivity index is 1.52. The summed E-state index contributed by atoms with van der Waals surface area (Å²) in [5.41, 5.74) is 6.98. The third kappa shape index (κ3) is 4.46. The number of aromatic amines is 1. The molecule has 4 N–H and O–H groups in total. The number of hydrogen-bond acceptors (Lipinski definition) is 7. The monoisotopic (exact) mass is 455 g/mol. The molecule has 1 saturated heterocycles. The van der Waals surface area contributed by atoms with E-state index in [1.807, 2.05) is 6.20 Å². The van der Waals surface area contributed by atoms with Gasteiger partial charge in [-0.15, -0.1) is 0 Å². The number of primary amides is 1. The molecule has 1 aliphatic rings. The third-order valence-corrected chi connectivity index (χ3v) is 7.18. The lowest BCUT2D eigenvalue weighted by Gasteiger charge is -2.31. The number of aromatic nitrogens is 2. The maximum absolute atomic E-state index is 12.7. The predicted molar refractivity (Wildman–Crippen MR) is 122 cm³/mol. The molecular weight excluding hydrogens is 430 g/mol. The molecule has 1 amide bonds. The number of aromatic hydroxyl groups is 1. The second-order valence-corrected chi connectivity index (χ2v) is 9.89. The number of hydrogen-bond donors (Lipinski definition) is 3. The highest BCUT2D eigenvalue weighted by Gasteiger charge is 2.18. The number of rotatable bonds is 6. The van der Waals surface area contributed by atoms with Gasteiger partial charge in [0.1, 0.15) is 0 Å². The maximum Gasteiger partial charge on any atom is 0.248 e. The van der Waals surface area contributed by atoms with Crippen molar-refractivity contribution in [2.75, 3.05) is 39.0 Å². The summed E-state index contributed by atoms with van der Waals surface area (Å²) in [5, 5.41) is 11.0. The van der Waals surface area contributed by atoms with Crippen LogP contribution in [-0.4, -0.2) is 78.2 Å². The molecule has 10 heteroatoms. The molecule has 4 rings (SSSR count). The zero-order valence-electron chi connectivity index (χ0n) is 17.7. The first-order valence-electron chi connectivity index (χ1n) is 10.2. The summed E-state index contributed by atoms with van der Waals surface area (Å²) in [4.78, 5) is 22.9. The molecular formula is C22H25N5O4S. The number of carbonyl (C=O) groups excluding carboxylic acids is 1. The predicted octanol–water partition coefficient (Wildman–Crippen LogP) is 1.57. The van der Waals surface area contributed by atoms with Crippen LogP contribution in [0.3, 0.4) is 0 Å². The van der Waals surface area contributed by atoms with E-state index in [2.05, 4.69) is 26.8 Å². The van der Waals surface area contributed by atoms with Crippen molar-refractivity contribution in [1.29, 1.82) is 0 Å². The van der Waals surface area contributed by atoms with Crippen molar-refractivity contribution in [3.05, 3.63) is 54.4 Å². The van der Waals surface area contributed by atoms with Crippen molar-refractivity contribution in [2.45, 2.75) is 4.90 Å². The second kappa shape index (κ2) is 8.64. The lowest BCUT2D eigenvalue weighted by atomic mass is 10.1. The van der Waals surface area contributed by atoms with Crippen molar-refractivity contribution in [3.8, 4) is 17.1 Å². The summed E-state index contributed by atoms with van der Waals surface area (Å²) >= 11 is 0. The molecule has 0 spiro atoms. The van der Waals surface area contributed by atoms with Gasteiger partial charge >= 0.3 is 0 Å². The summed E-state index contributed by atoms with van der Waals surface area (Å²) in [6.45, 7) is 3.65. The Hall–Kier alpha value is -3.37. The standard InChI is InChI=1S/C22H25N5O4S/c1-26-8-10-27(11-9-26)7-2-12-32(30,31)16-4-6-18(24-14-16)20-17-5-3-15(21(23)28)13-19(17)25-22(20)29/h2-7,13-14,25,29H,8-12H2,1H3,(H2,23,28). The Morgan fingerprint density at radius 2 is 1.97 bits per heavy atom. The number of benzene rings is 1. The highest BCUT2D eigenvalue weighted by Crippen LogP contribution is 2.36. The van der Waals surface area contributed by atoms with Gasteiger partial charge in [-0.1, -0.05) is 12.1 Å². The van der Waals surface area contributed by atoms with Crippen molar-refractivity contribution >= 4 is 26.6 Å². The van der Waals surface area contributed by atoms with Gasteiger partial charge in [-0.25, -0.2) is 8.42 Å². The Morgan fingerprint density at radius 1 is 1.22 bits per heavy atom. The Kier molecular flexibility index (Phi) is 5.90. The molecule has 3 aromatic rings. The van der Waals surface area contributed by atoms with Crippen LogP contribution >= 0.6 is 0 Å². The SMILES string of the molecule is CN1CCN(C=CCS(=O)(=O)c2ccc(-c3c(O)[nH]c4cc(C(N)=O)ccc34)nc2)CC1. The van der Waals surface area contributed by atoms with Crippen LogP contribution in [0.1, 0.15) is 10.4 Å². The van der Waals surface area contributed by atoms with E-state index in [1.165, 1.54) is 12.3 Å². The number of nitrogens with two attached hydrogens (primary N) is 1. The molecule has 0 bridgehead atoms. The van der Waals surface area contributed by atoms with Gasteiger partial charge in [0, 0.05) is 48.8 Å². The summed E-state index contributed by atoms with van der Waals surface area (Å²) in [6.07, 6.45) is 4.80. The van der Waals surface area contributed by atoms with Crippen LogP contribution in [0.5, 0.6) is 5.88 Å². The first kappa shape index (κ1) is 21.8. The number of nitrogens with zero attached hydrogens (tertiary/aromatic N) is 3. The van der Waals surface area contributed by atoms with Gasteiger partial charge in [0.05, 0.1) is 21.9 Å². The first-order valence-corrected chi connectivity index (χ1v) is 11.8. The van der Waals surface area contributed by atoms with Crippen LogP contribution in [0, 0.1) is 0 Å². The number of H-pyrrole nitrogens is 1. The van der Waals surface area contributed by atoms with Crippen LogP contribution in [0.15, 0.2) is 53.7 Å². The van der Waals surface area contributed by atoms with Crippen molar-refractivity contribution in [1.82, 2.24) is 19.8 Å². The molecule has 9 nitrogen and oxygen atoms in total. The summed E-state index contributed by atoms with van der Waals surface area (Å²) in [5.74, 6) is -0.814. The van der Waals surface area contributed by atoms with E-state index in [1.54, 1.807) is 30.3 Å². The van der Waals surface area contributed by atoms with E-state index in [-0.39, 0.29) is 16.5 Å². The van der Waals surface area contributed by atoms with Crippen LogP contribution < -0.4 is 5.73 Å². The van der Waals surface area contributed by atoms with E-state index in [4.69, 9.17) is 5.73 Å². The number of pyridine rings is 1. The first-order chi connectivity index (χ1) is 15.2. The molecule has 0 saturated carbocycles. The minimum Gasteiger partial charge on any atom is -0.494 e. The largest absolute Gasteiger partial charge is 0.494 e. The number of fused-ring (bicyclic) bond motifs is 1. The molecule has 1 aromatic carbocycles. The van der Waals surface area contributed by atoms with E-state index >= 15 is 0 Å².